The molecule has 1 N–H and O–H groups in total. The second-order valence-corrected chi connectivity index (χ2v) is 6.12. The third kappa shape index (κ3) is 2.77. The van der Waals surface area contributed by atoms with Crippen LogP contribution >= 0.6 is 22.9 Å². The molecular weight excluding hydrogens is 304 g/mol. The van der Waals surface area contributed by atoms with E-state index in [-0.39, 0.29) is 11.9 Å². The number of carbonyl (C=O) groups is 1. The fourth-order valence-electron chi connectivity index (χ4n) is 2.13. The molecule has 3 nitrogen and oxygen atoms in total. The fourth-order valence-corrected chi connectivity index (χ4v) is 3.55. The third-order valence-electron chi connectivity index (χ3n) is 3.22. The number of pyridine rings is 1. The molecule has 1 aromatic carbocycles. The zero-order valence-corrected chi connectivity index (χ0v) is 12.9. The Morgan fingerprint density at radius 1 is 1.24 bits per heavy atom. The van der Waals surface area contributed by atoms with Gasteiger partial charge in [-0.25, -0.2) is 0 Å². The molecule has 1 atom stereocenters. The molecule has 5 heteroatoms. The minimum Gasteiger partial charge on any atom is -0.343 e. The highest BCUT2D eigenvalue weighted by molar-refractivity contribution is 7.21. The lowest BCUT2D eigenvalue weighted by Crippen LogP contribution is -2.26. The summed E-state index contributed by atoms with van der Waals surface area (Å²) in [7, 11) is 0. The van der Waals surface area contributed by atoms with Gasteiger partial charge in [-0.3, -0.25) is 9.78 Å². The monoisotopic (exact) mass is 316 g/mol. The Balaban J connectivity index is 1.86. The largest absolute Gasteiger partial charge is 0.343 e. The van der Waals surface area contributed by atoms with E-state index in [1.54, 1.807) is 6.20 Å². The van der Waals surface area contributed by atoms with E-state index in [4.69, 9.17) is 11.6 Å². The predicted molar refractivity (Wildman–Crippen MR) is 87.0 cm³/mol. The van der Waals surface area contributed by atoms with Gasteiger partial charge in [-0.2, -0.15) is 0 Å². The summed E-state index contributed by atoms with van der Waals surface area (Å²) in [6.07, 6.45) is 1.71. The van der Waals surface area contributed by atoms with Crippen molar-refractivity contribution in [2.24, 2.45) is 0 Å². The van der Waals surface area contributed by atoms with Crippen LogP contribution in [-0.2, 0) is 0 Å². The Morgan fingerprint density at radius 3 is 2.71 bits per heavy atom. The topological polar surface area (TPSA) is 42.0 Å². The molecule has 3 rings (SSSR count). The summed E-state index contributed by atoms with van der Waals surface area (Å²) in [5.41, 5.74) is 0.822. The summed E-state index contributed by atoms with van der Waals surface area (Å²) in [4.78, 5) is 17.2. The number of rotatable bonds is 3. The van der Waals surface area contributed by atoms with Crippen molar-refractivity contribution in [3.8, 4) is 0 Å². The average Bonchev–Trinajstić information content (AvgIpc) is 2.86. The van der Waals surface area contributed by atoms with Crippen LogP contribution in [0.1, 0.15) is 28.3 Å². The summed E-state index contributed by atoms with van der Waals surface area (Å²) in [5, 5.41) is 4.37. The minimum absolute atomic E-state index is 0.167. The number of benzene rings is 1. The number of hydrogen-bond donors (Lipinski definition) is 1. The Labute approximate surface area is 131 Å². The van der Waals surface area contributed by atoms with E-state index in [0.717, 1.165) is 15.8 Å². The summed E-state index contributed by atoms with van der Waals surface area (Å²) >= 11 is 7.72. The number of hydrogen-bond acceptors (Lipinski definition) is 3. The van der Waals surface area contributed by atoms with E-state index >= 15 is 0 Å². The smallest absolute Gasteiger partial charge is 0.263 e. The lowest BCUT2D eigenvalue weighted by molar-refractivity contribution is 0.0943. The number of nitrogens with zero attached hydrogens (tertiary/aromatic N) is 1. The van der Waals surface area contributed by atoms with E-state index in [2.05, 4.69) is 10.3 Å². The van der Waals surface area contributed by atoms with Gasteiger partial charge in [-0.15, -0.1) is 11.3 Å². The second-order valence-electron chi connectivity index (χ2n) is 4.69. The van der Waals surface area contributed by atoms with Gasteiger partial charge in [0.2, 0.25) is 0 Å². The third-order valence-corrected chi connectivity index (χ3v) is 4.89. The lowest BCUT2D eigenvalue weighted by atomic mass is 10.2. The average molecular weight is 317 g/mol. The Bertz CT molecular complexity index is 785. The Kier molecular flexibility index (Phi) is 3.90. The summed E-state index contributed by atoms with van der Waals surface area (Å²) < 4.78 is 1.01. The number of aromatic nitrogens is 1. The van der Waals surface area contributed by atoms with Crippen LogP contribution in [0.3, 0.4) is 0 Å². The molecule has 2 aromatic heterocycles. The van der Waals surface area contributed by atoms with Crippen LogP contribution in [0, 0.1) is 0 Å². The molecule has 0 saturated heterocycles. The molecule has 0 bridgehead atoms. The standard InChI is InChI=1S/C16H13ClN2OS/c1-10(12-7-4-5-9-18-12)19-16(20)15-14(17)11-6-2-3-8-13(11)21-15/h2-10H,1H3,(H,19,20)/t10-/m1/s1. The van der Waals surface area contributed by atoms with Gasteiger partial charge in [0.25, 0.3) is 5.91 Å². The Morgan fingerprint density at radius 2 is 2.00 bits per heavy atom. The number of thiophene rings is 1. The zero-order valence-electron chi connectivity index (χ0n) is 11.3. The summed E-state index contributed by atoms with van der Waals surface area (Å²) in [6.45, 7) is 1.90. The van der Waals surface area contributed by atoms with Crippen LogP contribution in [0.5, 0.6) is 0 Å². The normalized spacial score (nSPS) is 12.3. The molecule has 0 radical (unpaired) electrons. The molecular formula is C16H13ClN2OS. The van der Waals surface area contributed by atoms with Gasteiger partial charge in [0, 0.05) is 16.3 Å². The van der Waals surface area contributed by atoms with Crippen LogP contribution in [0.15, 0.2) is 48.7 Å². The number of amides is 1. The zero-order chi connectivity index (χ0) is 14.8. The van der Waals surface area contributed by atoms with E-state index in [9.17, 15) is 4.79 Å². The van der Waals surface area contributed by atoms with Gasteiger partial charge in [-0.1, -0.05) is 35.9 Å². The van der Waals surface area contributed by atoms with Crippen molar-refractivity contribution in [3.05, 3.63) is 64.3 Å². The van der Waals surface area contributed by atoms with Crippen molar-refractivity contribution in [3.63, 3.8) is 0 Å². The van der Waals surface area contributed by atoms with Crippen LogP contribution in [0.4, 0.5) is 0 Å². The number of halogens is 1. The minimum atomic E-state index is -0.167. The van der Waals surface area contributed by atoms with Gasteiger partial charge >= 0.3 is 0 Å². The highest BCUT2D eigenvalue weighted by atomic mass is 35.5. The molecule has 0 unspecified atom stereocenters. The van der Waals surface area contributed by atoms with Crippen LogP contribution in [0.2, 0.25) is 5.02 Å². The van der Waals surface area contributed by atoms with Gasteiger partial charge < -0.3 is 5.32 Å². The van der Waals surface area contributed by atoms with Crippen molar-refractivity contribution in [1.29, 1.82) is 0 Å². The molecule has 0 spiro atoms. The van der Waals surface area contributed by atoms with E-state index in [0.29, 0.717) is 9.90 Å². The van der Waals surface area contributed by atoms with Gasteiger partial charge in [-0.05, 0) is 25.1 Å². The fraction of sp³-hybridized carbons (Fsp3) is 0.125. The molecule has 0 aliphatic heterocycles. The first-order valence-electron chi connectivity index (χ1n) is 6.55. The highest BCUT2D eigenvalue weighted by Crippen LogP contribution is 2.35. The quantitative estimate of drug-likeness (QED) is 0.776. The predicted octanol–water partition coefficient (Wildman–Crippen LogP) is 4.44. The first-order valence-corrected chi connectivity index (χ1v) is 7.75. The molecule has 21 heavy (non-hydrogen) atoms. The maximum Gasteiger partial charge on any atom is 0.263 e. The van der Waals surface area contributed by atoms with Gasteiger partial charge in [0.05, 0.1) is 16.8 Å². The van der Waals surface area contributed by atoms with Crippen molar-refractivity contribution >= 4 is 38.9 Å². The van der Waals surface area contributed by atoms with Crippen molar-refractivity contribution in [2.75, 3.05) is 0 Å². The van der Waals surface area contributed by atoms with E-state index in [1.807, 2.05) is 49.4 Å². The number of carbonyl (C=O) groups excluding carboxylic acids is 1. The molecule has 2 heterocycles. The van der Waals surface area contributed by atoms with Crippen LogP contribution < -0.4 is 5.32 Å². The van der Waals surface area contributed by atoms with Crippen molar-refractivity contribution in [1.82, 2.24) is 10.3 Å². The SMILES string of the molecule is C[C@@H](NC(=O)c1sc2ccccc2c1Cl)c1ccccn1. The number of fused-ring (bicyclic) bond motifs is 1. The summed E-state index contributed by atoms with van der Waals surface area (Å²) in [5.74, 6) is -0.167. The van der Waals surface area contributed by atoms with Gasteiger partial charge in [0.1, 0.15) is 4.88 Å². The second kappa shape index (κ2) is 5.84. The lowest BCUT2D eigenvalue weighted by Gasteiger charge is -2.12. The van der Waals surface area contributed by atoms with Gasteiger partial charge in [0.15, 0.2) is 0 Å². The molecule has 0 aliphatic carbocycles. The molecule has 106 valence electrons. The van der Waals surface area contributed by atoms with E-state index in [1.165, 1.54) is 11.3 Å². The molecule has 0 fully saturated rings. The maximum absolute atomic E-state index is 12.4. The van der Waals surface area contributed by atoms with Crippen molar-refractivity contribution in [2.45, 2.75) is 13.0 Å². The van der Waals surface area contributed by atoms with Crippen LogP contribution in [0.25, 0.3) is 10.1 Å². The highest BCUT2D eigenvalue weighted by Gasteiger charge is 2.19. The molecule has 3 aromatic rings. The molecule has 0 saturated carbocycles. The number of nitrogens with one attached hydrogen (secondary N) is 1. The first kappa shape index (κ1) is 14.0. The first-order chi connectivity index (χ1) is 10.2. The van der Waals surface area contributed by atoms with E-state index < -0.39 is 0 Å². The molecule has 0 aliphatic rings. The summed E-state index contributed by atoms with van der Waals surface area (Å²) in [6, 6.07) is 13.2. The maximum atomic E-state index is 12.4. The van der Waals surface area contributed by atoms with Crippen molar-refractivity contribution < 1.29 is 4.79 Å². The Hall–Kier alpha value is -1.91. The van der Waals surface area contributed by atoms with Crippen LogP contribution in [-0.4, -0.2) is 10.9 Å². The molecule has 1 amide bonds.